The first kappa shape index (κ1) is 7.16. The zero-order valence-electron chi connectivity index (χ0n) is 3.30. The van der Waals surface area contributed by atoms with Crippen molar-refractivity contribution < 1.29 is 12.6 Å². The molecule has 4 nitrogen and oxygen atoms in total. The fraction of sp³-hybridized carbons (Fsp3) is 1.00. The van der Waals surface area contributed by atoms with Crippen molar-refractivity contribution in [3.63, 3.8) is 0 Å². The van der Waals surface area contributed by atoms with Gasteiger partial charge < -0.3 is 0 Å². The second-order valence-corrected chi connectivity index (χ2v) is 2.16. The van der Waals surface area contributed by atoms with E-state index >= 15 is 0 Å². The number of hydrogen-bond acceptors (Lipinski definition) is 3. The van der Waals surface area contributed by atoms with E-state index in [1.54, 1.807) is 0 Å². The lowest BCUT2D eigenvalue weighted by Crippen LogP contribution is -2.14. The van der Waals surface area contributed by atoms with Gasteiger partial charge in [0.1, 0.15) is 6.07 Å². The minimum Gasteiger partial charge on any atom is -0.242 e. The Morgan fingerprint density at radius 1 is 1.71 bits per heavy atom. The van der Waals surface area contributed by atoms with Gasteiger partial charge in [0.2, 0.25) is 0 Å². The number of halogens is 1. The van der Waals surface area contributed by atoms with E-state index in [2.05, 4.69) is 9.32 Å². The largest absolute Gasteiger partial charge is 0.334 e. The molecule has 0 spiro atoms. The third-order valence-corrected chi connectivity index (χ3v) is 0.894. The van der Waals surface area contributed by atoms with E-state index in [0.717, 1.165) is 0 Å². The van der Waals surface area contributed by atoms with Crippen molar-refractivity contribution in [1.82, 2.24) is 0 Å². The van der Waals surface area contributed by atoms with Gasteiger partial charge in [-0.05, 0) is 0 Å². The van der Waals surface area contributed by atoms with Crippen LogP contribution >= 0.6 is 11.6 Å². The third kappa shape index (κ3) is 6.16. The topological polar surface area (TPSA) is 69.4 Å². The summed E-state index contributed by atoms with van der Waals surface area (Å²) in [4.78, 5) is 0. The second-order valence-electron chi connectivity index (χ2n) is 0.720. The van der Waals surface area contributed by atoms with Gasteiger partial charge in [0.25, 0.3) is 0 Å². The molecule has 0 atom stereocenters. The van der Waals surface area contributed by atoms with E-state index < -0.39 is 16.4 Å². The van der Waals surface area contributed by atoms with Crippen LogP contribution in [0.15, 0.2) is 0 Å². The van der Waals surface area contributed by atoms with E-state index in [0.29, 0.717) is 0 Å². The lowest BCUT2D eigenvalue weighted by atomic mass is 11.7. The van der Waals surface area contributed by atoms with E-state index in [9.17, 15) is 8.42 Å². The Morgan fingerprint density at radius 2 is 2.14 bits per heavy atom. The Hall–Kier alpha value is 0.160. The highest BCUT2D eigenvalue weighted by atomic mass is 35.5. The lowest BCUT2D eigenvalue weighted by Gasteiger charge is -1.88. The molecule has 0 rings (SSSR count). The normalized spacial score (nSPS) is 11.7. The zero-order chi connectivity index (χ0) is 5.91. The number of rotatable bonds is 2. The molecule has 0 aromatic heterocycles. The summed E-state index contributed by atoms with van der Waals surface area (Å²) in [5.41, 5.74) is 0. The molecule has 2 N–H and O–H groups in total. The number of nitrogens with two attached hydrogens (primary N) is 1. The van der Waals surface area contributed by atoms with E-state index in [1.165, 1.54) is 0 Å². The predicted molar refractivity (Wildman–Crippen MR) is 24.9 cm³/mol. The molecule has 0 unspecified atom stereocenters. The van der Waals surface area contributed by atoms with Crippen LogP contribution in [0.2, 0.25) is 0 Å². The minimum absolute atomic E-state index is 0.432. The van der Waals surface area contributed by atoms with Crippen LogP contribution in [0.1, 0.15) is 0 Å². The summed E-state index contributed by atoms with van der Waals surface area (Å²) in [6.45, 7) is 0. The molecule has 0 saturated carbocycles. The maximum atomic E-state index is 9.70. The summed E-state index contributed by atoms with van der Waals surface area (Å²) < 4.78 is 23.1. The molecule has 0 aromatic carbocycles. The van der Waals surface area contributed by atoms with Crippen LogP contribution in [0.25, 0.3) is 0 Å². The molecule has 0 saturated heterocycles. The molecule has 0 aliphatic heterocycles. The van der Waals surface area contributed by atoms with E-state index in [1.807, 2.05) is 0 Å². The van der Waals surface area contributed by atoms with Crippen molar-refractivity contribution in [3.8, 4) is 0 Å². The molecule has 7 heavy (non-hydrogen) atoms. The van der Waals surface area contributed by atoms with Gasteiger partial charge in [-0.1, -0.05) is 11.6 Å². The molecule has 0 fully saturated rings. The fourth-order valence-electron chi connectivity index (χ4n) is 0.0621. The molecule has 0 aliphatic rings. The second kappa shape index (κ2) is 2.46. The van der Waals surface area contributed by atoms with Gasteiger partial charge in [-0.15, -0.1) is 0 Å². The lowest BCUT2D eigenvalue weighted by molar-refractivity contribution is 0.378. The smallest absolute Gasteiger partial charge is 0.242 e. The molecule has 0 aromatic rings. The van der Waals surface area contributed by atoms with Gasteiger partial charge in [-0.25, -0.2) is 9.32 Å². The molecule has 0 heterocycles. The summed E-state index contributed by atoms with van der Waals surface area (Å²) in [6, 6.07) is -0.432. The maximum Gasteiger partial charge on any atom is 0.334 e. The molecule has 0 bridgehead atoms. The molecule has 6 heteroatoms. The van der Waals surface area contributed by atoms with Crippen LogP contribution in [0, 0.1) is 0 Å². The van der Waals surface area contributed by atoms with Crippen molar-refractivity contribution in [2.24, 2.45) is 5.14 Å². The standard InChI is InChI=1S/CH4ClNO3S/c2-1-6-7(3,4)5/h1H2,(H2,3,4,5). The number of hydrogen-bond donors (Lipinski definition) is 1. The quantitative estimate of drug-likeness (QED) is 0.528. The van der Waals surface area contributed by atoms with Crippen LogP contribution in [-0.4, -0.2) is 14.5 Å². The molecule has 0 amide bonds. The van der Waals surface area contributed by atoms with Crippen molar-refractivity contribution in [2.45, 2.75) is 0 Å². The fourth-order valence-corrected chi connectivity index (χ4v) is 0.559. The van der Waals surface area contributed by atoms with Crippen LogP contribution < -0.4 is 5.14 Å². The third-order valence-electron chi connectivity index (χ3n) is 0.209. The predicted octanol–water partition coefficient (Wildman–Crippen LogP) is -0.597. The Labute approximate surface area is 46.5 Å². The first-order valence-corrected chi connectivity index (χ1v) is 3.30. The molecular weight excluding hydrogens is 142 g/mol. The van der Waals surface area contributed by atoms with Gasteiger partial charge in [0.15, 0.2) is 0 Å². The maximum absolute atomic E-state index is 9.70. The highest BCUT2D eigenvalue weighted by Gasteiger charge is 1.96. The summed E-state index contributed by atoms with van der Waals surface area (Å²) >= 11 is 4.80. The van der Waals surface area contributed by atoms with E-state index in [4.69, 9.17) is 11.6 Å². The summed E-state index contributed by atoms with van der Waals surface area (Å²) in [7, 11) is -3.81. The summed E-state index contributed by atoms with van der Waals surface area (Å²) in [5, 5.41) is 4.31. The van der Waals surface area contributed by atoms with Gasteiger partial charge in [-0.2, -0.15) is 8.42 Å². The SMILES string of the molecule is NS(=O)(=O)OCCl. The van der Waals surface area contributed by atoms with Crippen molar-refractivity contribution in [3.05, 3.63) is 0 Å². The van der Waals surface area contributed by atoms with Gasteiger partial charge >= 0.3 is 10.3 Å². The summed E-state index contributed by atoms with van der Waals surface area (Å²) in [5.74, 6) is 0. The molecule has 0 radical (unpaired) electrons. The first-order chi connectivity index (χ1) is 3.06. The van der Waals surface area contributed by atoms with Crippen LogP contribution in [0.5, 0.6) is 0 Å². The van der Waals surface area contributed by atoms with Gasteiger partial charge in [0, 0.05) is 0 Å². The molecule has 0 aliphatic carbocycles. The van der Waals surface area contributed by atoms with Gasteiger partial charge in [-0.3, -0.25) is 0 Å². The first-order valence-electron chi connectivity index (χ1n) is 1.29. The molecular formula is CH4ClNO3S. The Bertz CT molecular complexity index is 128. The van der Waals surface area contributed by atoms with Crippen LogP contribution in [0.4, 0.5) is 0 Å². The van der Waals surface area contributed by atoms with Crippen molar-refractivity contribution in [2.75, 3.05) is 6.07 Å². The van der Waals surface area contributed by atoms with Gasteiger partial charge in [0.05, 0.1) is 0 Å². The zero-order valence-corrected chi connectivity index (χ0v) is 4.87. The minimum atomic E-state index is -3.81. The monoisotopic (exact) mass is 145 g/mol. The van der Waals surface area contributed by atoms with Crippen LogP contribution in [-0.2, 0) is 14.5 Å². The number of alkyl halides is 1. The highest BCUT2D eigenvalue weighted by Crippen LogP contribution is 1.82. The Kier molecular flexibility index (Phi) is 2.52. The Balaban J connectivity index is 3.60. The van der Waals surface area contributed by atoms with Crippen molar-refractivity contribution >= 4 is 21.9 Å². The molecule has 44 valence electrons. The van der Waals surface area contributed by atoms with E-state index in [-0.39, 0.29) is 0 Å². The average Bonchev–Trinajstić information content (AvgIpc) is 1.30. The van der Waals surface area contributed by atoms with Crippen LogP contribution in [0.3, 0.4) is 0 Å². The Morgan fingerprint density at radius 3 is 2.14 bits per heavy atom. The average molecular weight is 146 g/mol. The van der Waals surface area contributed by atoms with Crippen molar-refractivity contribution in [1.29, 1.82) is 0 Å². The summed E-state index contributed by atoms with van der Waals surface area (Å²) in [6.07, 6.45) is 0. The highest BCUT2D eigenvalue weighted by molar-refractivity contribution is 7.84.